The van der Waals surface area contributed by atoms with Gasteiger partial charge >= 0.3 is 0 Å². The second-order valence-electron chi connectivity index (χ2n) is 8.29. The molecule has 2 aromatic carbocycles. The topological polar surface area (TPSA) is 101 Å². The van der Waals surface area contributed by atoms with Gasteiger partial charge in [-0.25, -0.2) is 9.97 Å². The number of nitrogens with one attached hydrogen (secondary N) is 1. The van der Waals surface area contributed by atoms with Crippen LogP contribution in [0.1, 0.15) is 20.9 Å². The van der Waals surface area contributed by atoms with Gasteiger partial charge in [-0.15, -0.1) is 0 Å². The number of ether oxygens (including phenoxy) is 1. The average molecular weight is 484 g/mol. The molecular formula is C27H25N5O4. The molecule has 2 aromatic heterocycles. The van der Waals surface area contributed by atoms with Crippen LogP contribution in [0.5, 0.6) is 5.75 Å². The van der Waals surface area contributed by atoms with Gasteiger partial charge < -0.3 is 24.3 Å². The van der Waals surface area contributed by atoms with Crippen LogP contribution in [-0.4, -0.2) is 64.9 Å². The number of aromatic nitrogens is 2. The maximum Gasteiger partial charge on any atom is 0.289 e. The third-order valence-corrected chi connectivity index (χ3v) is 6.05. The van der Waals surface area contributed by atoms with Crippen molar-refractivity contribution in [3.63, 3.8) is 0 Å². The Labute approximate surface area is 208 Å². The fourth-order valence-corrected chi connectivity index (χ4v) is 4.00. The van der Waals surface area contributed by atoms with Crippen LogP contribution in [-0.2, 0) is 0 Å². The van der Waals surface area contributed by atoms with E-state index in [1.807, 2.05) is 36.4 Å². The number of methoxy groups -OCH3 is 1. The minimum atomic E-state index is -0.151. The fraction of sp³-hybridized carbons (Fsp3) is 0.185. The molecule has 9 heteroatoms. The van der Waals surface area contributed by atoms with Crippen LogP contribution < -0.4 is 10.1 Å². The molecule has 0 bridgehead atoms. The number of nitrogens with zero attached hydrogens (tertiary/aromatic N) is 4. The summed E-state index contributed by atoms with van der Waals surface area (Å²) in [5, 5.41) is 3.16. The molecule has 0 unspecified atom stereocenters. The predicted octanol–water partition coefficient (Wildman–Crippen LogP) is 4.09. The molecule has 2 amide bonds. The molecular weight excluding hydrogens is 458 g/mol. The Kier molecular flexibility index (Phi) is 6.61. The molecule has 1 saturated heterocycles. The van der Waals surface area contributed by atoms with Crippen molar-refractivity contribution in [1.29, 1.82) is 0 Å². The molecule has 1 aliphatic heterocycles. The number of hydrogen-bond donors (Lipinski definition) is 1. The number of furan rings is 1. The van der Waals surface area contributed by atoms with Crippen molar-refractivity contribution >= 4 is 23.5 Å². The highest BCUT2D eigenvalue weighted by atomic mass is 16.5. The predicted molar refractivity (Wildman–Crippen MR) is 134 cm³/mol. The van der Waals surface area contributed by atoms with Crippen molar-refractivity contribution < 1.29 is 18.7 Å². The van der Waals surface area contributed by atoms with E-state index >= 15 is 0 Å². The second kappa shape index (κ2) is 10.3. The lowest BCUT2D eigenvalue weighted by Gasteiger charge is -2.34. The second-order valence-corrected chi connectivity index (χ2v) is 8.29. The zero-order chi connectivity index (χ0) is 24.9. The summed E-state index contributed by atoms with van der Waals surface area (Å²) in [7, 11) is 1.63. The molecule has 1 fully saturated rings. The summed E-state index contributed by atoms with van der Waals surface area (Å²) in [6, 6.07) is 18.2. The van der Waals surface area contributed by atoms with Crippen molar-refractivity contribution in [1.82, 2.24) is 19.8 Å². The standard InChI is InChI=1S/C27H25N5O4/c1-35-23-10-6-19(7-11-23)21-17-28-27(29-18-21)30-22-8-4-20(5-9-22)25(33)31-12-14-32(15-13-31)26(34)24-3-2-16-36-24/h2-11,16-18H,12-15H2,1H3,(H,28,29,30). The molecule has 1 N–H and O–H groups in total. The monoisotopic (exact) mass is 483 g/mol. The number of piperazine rings is 1. The number of amides is 2. The number of hydrogen-bond acceptors (Lipinski definition) is 7. The molecule has 0 spiro atoms. The first-order valence-corrected chi connectivity index (χ1v) is 11.6. The van der Waals surface area contributed by atoms with Crippen LogP contribution in [0.25, 0.3) is 11.1 Å². The van der Waals surface area contributed by atoms with Crippen LogP contribution >= 0.6 is 0 Å². The van der Waals surface area contributed by atoms with Crippen molar-refractivity contribution in [2.45, 2.75) is 0 Å². The van der Waals surface area contributed by atoms with Gasteiger partial charge in [0.25, 0.3) is 11.8 Å². The Bertz CT molecular complexity index is 1310. The lowest BCUT2D eigenvalue weighted by Crippen LogP contribution is -2.50. The van der Waals surface area contributed by atoms with Gasteiger partial charge in [0.15, 0.2) is 5.76 Å². The lowest BCUT2D eigenvalue weighted by atomic mass is 10.1. The smallest absolute Gasteiger partial charge is 0.289 e. The van der Waals surface area contributed by atoms with Gasteiger partial charge in [-0.1, -0.05) is 12.1 Å². The van der Waals surface area contributed by atoms with Gasteiger partial charge in [-0.3, -0.25) is 9.59 Å². The van der Waals surface area contributed by atoms with E-state index in [4.69, 9.17) is 9.15 Å². The highest BCUT2D eigenvalue weighted by molar-refractivity contribution is 5.95. The average Bonchev–Trinajstić information content (AvgIpc) is 3.49. The molecule has 1 aliphatic rings. The molecule has 5 rings (SSSR count). The minimum Gasteiger partial charge on any atom is -0.497 e. The SMILES string of the molecule is COc1ccc(-c2cnc(Nc3ccc(C(=O)N4CCN(C(=O)c5ccco5)CC4)cc3)nc2)cc1. The Balaban J connectivity index is 1.16. The van der Waals surface area contributed by atoms with Gasteiger partial charge in [0.1, 0.15) is 5.75 Å². The Morgan fingerprint density at radius 1 is 0.833 bits per heavy atom. The maximum atomic E-state index is 12.9. The minimum absolute atomic E-state index is 0.0632. The van der Waals surface area contributed by atoms with Crippen molar-refractivity contribution in [2.75, 3.05) is 38.6 Å². The summed E-state index contributed by atoms with van der Waals surface area (Å²) in [4.78, 5) is 37.6. The first kappa shape index (κ1) is 23.1. The highest BCUT2D eigenvalue weighted by Gasteiger charge is 2.26. The third kappa shape index (κ3) is 5.05. The van der Waals surface area contributed by atoms with Crippen LogP contribution in [0.15, 0.2) is 83.7 Å². The molecule has 0 atom stereocenters. The molecule has 9 nitrogen and oxygen atoms in total. The van der Waals surface area contributed by atoms with Crippen LogP contribution in [0.2, 0.25) is 0 Å². The number of carbonyl (C=O) groups is 2. The zero-order valence-corrected chi connectivity index (χ0v) is 19.8. The van der Waals surface area contributed by atoms with Gasteiger partial charge in [0.05, 0.1) is 13.4 Å². The van der Waals surface area contributed by atoms with E-state index in [1.165, 1.54) is 6.26 Å². The Morgan fingerprint density at radius 2 is 1.47 bits per heavy atom. The molecule has 182 valence electrons. The van der Waals surface area contributed by atoms with E-state index in [0.717, 1.165) is 22.6 Å². The van der Waals surface area contributed by atoms with Gasteiger partial charge in [-0.2, -0.15) is 0 Å². The zero-order valence-electron chi connectivity index (χ0n) is 19.8. The Hall–Kier alpha value is -4.66. The van der Waals surface area contributed by atoms with E-state index < -0.39 is 0 Å². The van der Waals surface area contributed by atoms with E-state index in [-0.39, 0.29) is 11.8 Å². The van der Waals surface area contributed by atoms with E-state index in [1.54, 1.807) is 53.6 Å². The molecule has 0 aliphatic carbocycles. The van der Waals surface area contributed by atoms with Crippen LogP contribution in [0.3, 0.4) is 0 Å². The Morgan fingerprint density at radius 3 is 2.06 bits per heavy atom. The third-order valence-electron chi connectivity index (χ3n) is 6.05. The molecule has 3 heterocycles. The molecule has 0 radical (unpaired) electrons. The van der Waals surface area contributed by atoms with E-state index in [2.05, 4.69) is 15.3 Å². The van der Waals surface area contributed by atoms with Crippen molar-refractivity contribution in [3.05, 3.63) is 90.6 Å². The van der Waals surface area contributed by atoms with Crippen LogP contribution in [0.4, 0.5) is 11.6 Å². The highest BCUT2D eigenvalue weighted by Crippen LogP contribution is 2.22. The van der Waals surface area contributed by atoms with E-state index in [0.29, 0.717) is 43.5 Å². The summed E-state index contributed by atoms with van der Waals surface area (Å²) in [5.74, 6) is 1.36. The number of rotatable bonds is 6. The quantitative estimate of drug-likeness (QED) is 0.441. The summed E-state index contributed by atoms with van der Waals surface area (Å²) < 4.78 is 10.4. The number of benzene rings is 2. The first-order valence-electron chi connectivity index (χ1n) is 11.6. The van der Waals surface area contributed by atoms with Crippen molar-refractivity contribution in [2.24, 2.45) is 0 Å². The van der Waals surface area contributed by atoms with Crippen molar-refractivity contribution in [3.8, 4) is 16.9 Å². The largest absolute Gasteiger partial charge is 0.497 e. The van der Waals surface area contributed by atoms with Gasteiger partial charge in [-0.05, 0) is 54.1 Å². The van der Waals surface area contributed by atoms with Gasteiger partial charge in [0.2, 0.25) is 5.95 Å². The maximum absolute atomic E-state index is 12.9. The van der Waals surface area contributed by atoms with E-state index in [9.17, 15) is 9.59 Å². The summed E-state index contributed by atoms with van der Waals surface area (Å²) >= 11 is 0. The summed E-state index contributed by atoms with van der Waals surface area (Å²) in [6.07, 6.45) is 4.99. The fourth-order valence-electron chi connectivity index (χ4n) is 4.00. The van der Waals surface area contributed by atoms with Crippen LogP contribution in [0, 0.1) is 0 Å². The number of carbonyl (C=O) groups excluding carboxylic acids is 2. The molecule has 4 aromatic rings. The van der Waals surface area contributed by atoms with Gasteiger partial charge in [0, 0.05) is 55.4 Å². The molecule has 36 heavy (non-hydrogen) atoms. The summed E-state index contributed by atoms with van der Waals surface area (Å²) in [6.45, 7) is 1.88. The first-order chi connectivity index (χ1) is 17.6. The molecule has 0 saturated carbocycles. The lowest BCUT2D eigenvalue weighted by molar-refractivity contribution is 0.0518. The normalized spacial score (nSPS) is 13.4. The summed E-state index contributed by atoms with van der Waals surface area (Å²) in [5.41, 5.74) is 3.26. The number of anilines is 2.